The van der Waals surface area contributed by atoms with Gasteiger partial charge in [-0.25, -0.2) is 9.48 Å². The largest absolute Gasteiger partial charge is 0.462 e. The van der Waals surface area contributed by atoms with Crippen LogP contribution in [0.5, 0.6) is 0 Å². The summed E-state index contributed by atoms with van der Waals surface area (Å²) in [5.41, 5.74) is 2.54. The molecule has 0 amide bonds. The maximum atomic E-state index is 11.8. The third kappa shape index (κ3) is 4.57. The summed E-state index contributed by atoms with van der Waals surface area (Å²) in [7, 11) is 0. The number of carbonyl (C=O) groups excluding carboxylic acids is 1. The van der Waals surface area contributed by atoms with E-state index in [-0.39, 0.29) is 12.5 Å². The zero-order valence-electron chi connectivity index (χ0n) is 13.6. The van der Waals surface area contributed by atoms with Gasteiger partial charge in [-0.1, -0.05) is 41.9 Å². The molecule has 0 aliphatic heterocycles. The fraction of sp³-hybridized carbons (Fsp3) is 0.333. The molecule has 1 atom stereocenters. The van der Waals surface area contributed by atoms with Crippen LogP contribution in [-0.2, 0) is 16.1 Å². The van der Waals surface area contributed by atoms with Gasteiger partial charge in [-0.05, 0) is 25.0 Å². The SMILES string of the molecule is Cc1nn(Cc2ccccc2)c(Cl)c1/C=C/C(=O)OC[C@@H]1CC1(Cl)Cl. The highest BCUT2D eigenvalue weighted by molar-refractivity contribution is 6.50. The molecule has 0 spiro atoms. The Morgan fingerprint density at radius 3 is 2.72 bits per heavy atom. The van der Waals surface area contributed by atoms with E-state index in [4.69, 9.17) is 39.5 Å². The van der Waals surface area contributed by atoms with E-state index in [2.05, 4.69) is 5.10 Å². The second kappa shape index (κ2) is 7.40. The van der Waals surface area contributed by atoms with E-state index in [0.717, 1.165) is 11.3 Å². The minimum atomic E-state index is -0.748. The maximum Gasteiger partial charge on any atom is 0.330 e. The van der Waals surface area contributed by atoms with Gasteiger partial charge in [0.2, 0.25) is 0 Å². The molecule has 1 aliphatic carbocycles. The van der Waals surface area contributed by atoms with Gasteiger partial charge >= 0.3 is 5.97 Å². The van der Waals surface area contributed by atoms with Crippen molar-refractivity contribution < 1.29 is 9.53 Å². The second-order valence-electron chi connectivity index (χ2n) is 6.06. The van der Waals surface area contributed by atoms with Crippen molar-refractivity contribution in [2.24, 2.45) is 5.92 Å². The van der Waals surface area contributed by atoms with Crippen molar-refractivity contribution in [3.8, 4) is 0 Å². The van der Waals surface area contributed by atoms with Crippen LogP contribution in [0.1, 0.15) is 23.2 Å². The minimum Gasteiger partial charge on any atom is -0.462 e. The van der Waals surface area contributed by atoms with E-state index in [0.29, 0.717) is 23.7 Å². The number of halogens is 3. The number of hydrogen-bond acceptors (Lipinski definition) is 3. The van der Waals surface area contributed by atoms with Gasteiger partial charge in [0, 0.05) is 17.6 Å². The summed E-state index contributed by atoms with van der Waals surface area (Å²) in [6.07, 6.45) is 3.61. The van der Waals surface area contributed by atoms with Crippen molar-refractivity contribution in [2.45, 2.75) is 24.2 Å². The first-order chi connectivity index (χ1) is 11.9. The molecule has 0 radical (unpaired) electrons. The molecule has 1 saturated carbocycles. The number of rotatable bonds is 6. The molecule has 7 heteroatoms. The summed E-state index contributed by atoms with van der Waals surface area (Å²) in [6, 6.07) is 9.90. The highest BCUT2D eigenvalue weighted by Crippen LogP contribution is 2.53. The van der Waals surface area contributed by atoms with E-state index in [1.54, 1.807) is 10.8 Å². The fourth-order valence-corrected chi connectivity index (χ4v) is 3.25. The van der Waals surface area contributed by atoms with E-state index >= 15 is 0 Å². The molecule has 4 nitrogen and oxygen atoms in total. The zero-order valence-corrected chi connectivity index (χ0v) is 15.9. The minimum absolute atomic E-state index is 0.00660. The Kier molecular flexibility index (Phi) is 5.42. The lowest BCUT2D eigenvalue weighted by Gasteiger charge is -2.03. The van der Waals surface area contributed by atoms with Gasteiger partial charge in [-0.15, -0.1) is 23.2 Å². The Bertz CT molecular complexity index is 800. The summed E-state index contributed by atoms with van der Waals surface area (Å²) in [5, 5.41) is 4.91. The molecule has 1 aliphatic rings. The molecule has 0 saturated heterocycles. The van der Waals surface area contributed by atoms with Gasteiger partial charge in [-0.3, -0.25) is 0 Å². The smallest absolute Gasteiger partial charge is 0.330 e. The standard InChI is InChI=1S/C18H17Cl3N2O2/c1-12-15(7-8-16(24)25-11-14-9-18(14,20)21)17(19)23(22-12)10-13-5-3-2-4-6-13/h2-8,14H,9-11H2,1H3/b8-7+/t14-/m0/s1. The number of nitrogens with zero attached hydrogens (tertiary/aromatic N) is 2. The zero-order chi connectivity index (χ0) is 18.0. The third-order valence-electron chi connectivity index (χ3n) is 4.05. The fourth-order valence-electron chi connectivity index (χ4n) is 2.45. The average molecular weight is 400 g/mol. The first-order valence-corrected chi connectivity index (χ1v) is 8.99. The number of benzene rings is 1. The van der Waals surface area contributed by atoms with Gasteiger partial charge in [0.05, 0.1) is 18.8 Å². The normalized spacial score (nSPS) is 18.5. The van der Waals surface area contributed by atoms with Crippen molar-refractivity contribution in [3.05, 3.63) is 58.4 Å². The lowest BCUT2D eigenvalue weighted by Crippen LogP contribution is -2.06. The van der Waals surface area contributed by atoms with Crippen LogP contribution in [-0.4, -0.2) is 26.7 Å². The van der Waals surface area contributed by atoms with E-state index in [1.807, 2.05) is 37.3 Å². The molecule has 132 valence electrons. The summed E-state index contributed by atoms with van der Waals surface area (Å²) >= 11 is 18.2. The van der Waals surface area contributed by atoms with Crippen molar-refractivity contribution in [3.63, 3.8) is 0 Å². The van der Waals surface area contributed by atoms with Crippen molar-refractivity contribution >= 4 is 46.8 Å². The Labute approximate surface area is 161 Å². The third-order valence-corrected chi connectivity index (χ3v) is 5.38. The Morgan fingerprint density at radius 1 is 1.40 bits per heavy atom. The summed E-state index contributed by atoms with van der Waals surface area (Å²) in [6.45, 7) is 2.63. The number of aryl methyl sites for hydroxylation is 1. The number of hydrogen-bond donors (Lipinski definition) is 0. The second-order valence-corrected chi connectivity index (χ2v) is 7.96. The molecule has 25 heavy (non-hydrogen) atoms. The van der Waals surface area contributed by atoms with E-state index in [9.17, 15) is 4.79 Å². The molecule has 1 aromatic carbocycles. The number of esters is 1. The molecule has 1 heterocycles. The van der Waals surface area contributed by atoms with Gasteiger partial charge in [0.15, 0.2) is 0 Å². The Balaban J connectivity index is 1.63. The lowest BCUT2D eigenvalue weighted by molar-refractivity contribution is -0.138. The number of aromatic nitrogens is 2. The van der Waals surface area contributed by atoms with Crippen LogP contribution in [0, 0.1) is 12.8 Å². The summed E-state index contributed by atoms with van der Waals surface area (Å²) < 4.78 is 6.10. The van der Waals surface area contributed by atoms with Gasteiger partial charge in [0.1, 0.15) is 9.49 Å². The lowest BCUT2D eigenvalue weighted by atomic mass is 10.2. The monoisotopic (exact) mass is 398 g/mol. The van der Waals surface area contributed by atoms with Crippen molar-refractivity contribution in [2.75, 3.05) is 6.61 Å². The van der Waals surface area contributed by atoms with Crippen LogP contribution < -0.4 is 0 Å². The first kappa shape index (κ1) is 18.3. The Hall–Kier alpha value is -1.49. The van der Waals surface area contributed by atoms with Crippen LogP contribution >= 0.6 is 34.8 Å². The molecule has 0 unspecified atom stereocenters. The van der Waals surface area contributed by atoms with Crippen molar-refractivity contribution in [1.29, 1.82) is 0 Å². The van der Waals surface area contributed by atoms with Gasteiger partial charge < -0.3 is 4.74 Å². The van der Waals surface area contributed by atoms with Crippen molar-refractivity contribution in [1.82, 2.24) is 9.78 Å². The number of ether oxygens (including phenoxy) is 1. The van der Waals surface area contributed by atoms with E-state index in [1.165, 1.54) is 6.08 Å². The molecular formula is C18H17Cl3N2O2. The van der Waals surface area contributed by atoms with Crippen LogP contribution in [0.2, 0.25) is 5.15 Å². The molecule has 3 rings (SSSR count). The highest BCUT2D eigenvalue weighted by Gasteiger charge is 2.52. The summed E-state index contributed by atoms with van der Waals surface area (Å²) in [4.78, 5) is 11.8. The number of carbonyl (C=O) groups is 1. The molecule has 2 aromatic rings. The highest BCUT2D eigenvalue weighted by atomic mass is 35.5. The first-order valence-electron chi connectivity index (χ1n) is 7.86. The maximum absolute atomic E-state index is 11.8. The molecule has 1 aromatic heterocycles. The van der Waals surface area contributed by atoms with Crippen LogP contribution in [0.25, 0.3) is 6.08 Å². The quantitative estimate of drug-likeness (QED) is 0.404. The molecule has 0 bridgehead atoms. The van der Waals surface area contributed by atoms with Crippen LogP contribution in [0.3, 0.4) is 0 Å². The van der Waals surface area contributed by atoms with E-state index < -0.39 is 10.3 Å². The van der Waals surface area contributed by atoms with Gasteiger partial charge in [-0.2, -0.15) is 5.10 Å². The van der Waals surface area contributed by atoms with Crippen LogP contribution in [0.4, 0.5) is 0 Å². The average Bonchev–Trinajstić information content (AvgIpc) is 3.10. The topological polar surface area (TPSA) is 44.1 Å². The predicted octanol–water partition coefficient (Wildman–Crippen LogP) is 4.64. The Morgan fingerprint density at radius 2 is 2.08 bits per heavy atom. The number of alkyl halides is 2. The van der Waals surface area contributed by atoms with Crippen LogP contribution in [0.15, 0.2) is 36.4 Å². The molecule has 0 N–H and O–H groups in total. The predicted molar refractivity (Wildman–Crippen MR) is 100 cm³/mol. The van der Waals surface area contributed by atoms with Gasteiger partial charge in [0.25, 0.3) is 0 Å². The molecular weight excluding hydrogens is 383 g/mol. The summed E-state index contributed by atoms with van der Waals surface area (Å²) in [5.74, 6) is -0.450. The molecule has 1 fully saturated rings.